The van der Waals surface area contributed by atoms with Gasteiger partial charge in [-0.3, -0.25) is 0 Å². The summed E-state index contributed by atoms with van der Waals surface area (Å²) in [6.07, 6.45) is 5.15. The van der Waals surface area contributed by atoms with Crippen molar-refractivity contribution in [1.29, 1.82) is 0 Å². The second kappa shape index (κ2) is 4.47. The lowest BCUT2D eigenvalue weighted by Crippen LogP contribution is -2.00. The van der Waals surface area contributed by atoms with Crippen LogP contribution < -0.4 is 0 Å². The lowest BCUT2D eigenvalue weighted by Gasteiger charge is -1.96. The summed E-state index contributed by atoms with van der Waals surface area (Å²) in [6.45, 7) is 4.26. The second-order valence-electron chi connectivity index (χ2n) is 4.72. The minimum Gasteiger partial charge on any atom is -0.387 e. The number of hydrogen-bond acceptors (Lipinski definition) is 4. The van der Waals surface area contributed by atoms with E-state index in [0.29, 0.717) is 12.2 Å². The molecule has 0 aliphatic rings. The van der Waals surface area contributed by atoms with Crippen LogP contribution in [0.2, 0.25) is 0 Å². The molecular formula is C13H15N5O. The summed E-state index contributed by atoms with van der Waals surface area (Å²) in [4.78, 5) is 4.52. The van der Waals surface area contributed by atoms with Crippen molar-refractivity contribution in [2.45, 2.75) is 26.5 Å². The van der Waals surface area contributed by atoms with Crippen molar-refractivity contribution < 1.29 is 5.11 Å². The highest BCUT2D eigenvalue weighted by molar-refractivity contribution is 5.41. The fraction of sp³-hybridized carbons (Fsp3) is 0.308. The minimum absolute atomic E-state index is 0.542. The first-order chi connectivity index (χ1) is 9.11. The predicted octanol–water partition coefficient (Wildman–Crippen LogP) is 1.34. The molecule has 0 saturated carbocycles. The van der Waals surface area contributed by atoms with E-state index in [0.717, 1.165) is 11.3 Å². The first kappa shape index (κ1) is 11.9. The molecule has 3 aromatic rings. The van der Waals surface area contributed by atoms with E-state index in [2.05, 4.69) is 15.3 Å². The van der Waals surface area contributed by atoms with Crippen LogP contribution in [0.25, 0.3) is 5.65 Å². The van der Waals surface area contributed by atoms with Gasteiger partial charge in [-0.1, -0.05) is 11.3 Å². The highest BCUT2D eigenvalue weighted by atomic mass is 16.3. The van der Waals surface area contributed by atoms with Gasteiger partial charge in [-0.05, 0) is 25.5 Å². The Kier molecular flexibility index (Phi) is 2.79. The van der Waals surface area contributed by atoms with Gasteiger partial charge >= 0.3 is 0 Å². The van der Waals surface area contributed by atoms with E-state index < -0.39 is 6.10 Å². The number of aryl methyl sites for hydroxylation is 1. The first-order valence-electron chi connectivity index (χ1n) is 6.14. The van der Waals surface area contributed by atoms with Crippen LogP contribution in [0.1, 0.15) is 30.0 Å². The maximum Gasteiger partial charge on any atom is 0.137 e. The molecule has 3 aromatic heterocycles. The number of imidazole rings is 1. The Morgan fingerprint density at radius 1 is 1.26 bits per heavy atom. The number of rotatable bonds is 3. The fourth-order valence-electron chi connectivity index (χ4n) is 1.98. The number of aliphatic hydroxyl groups excluding tert-OH is 1. The number of aromatic nitrogens is 5. The monoisotopic (exact) mass is 257 g/mol. The summed E-state index contributed by atoms with van der Waals surface area (Å²) < 4.78 is 3.67. The summed E-state index contributed by atoms with van der Waals surface area (Å²) in [5, 5.41) is 17.3. The summed E-state index contributed by atoms with van der Waals surface area (Å²) in [7, 11) is 0. The molecule has 1 N–H and O–H groups in total. The lowest BCUT2D eigenvalue weighted by molar-refractivity contribution is 0.194. The molecular weight excluding hydrogens is 242 g/mol. The predicted molar refractivity (Wildman–Crippen MR) is 69.7 cm³/mol. The van der Waals surface area contributed by atoms with E-state index in [1.165, 1.54) is 5.56 Å². The standard InChI is InChI=1S/C13H15N5O/c1-9-3-4-13-14-11(6-17(13)5-9)7-18-8-12(10(2)19)15-16-18/h3-6,8,10,19H,7H2,1-2H3. The van der Waals surface area contributed by atoms with Crippen molar-refractivity contribution in [2.75, 3.05) is 0 Å². The smallest absolute Gasteiger partial charge is 0.137 e. The van der Waals surface area contributed by atoms with Gasteiger partial charge in [0.25, 0.3) is 0 Å². The summed E-state index contributed by atoms with van der Waals surface area (Å²) in [5.41, 5.74) is 3.58. The maximum atomic E-state index is 9.41. The van der Waals surface area contributed by atoms with E-state index in [-0.39, 0.29) is 0 Å². The van der Waals surface area contributed by atoms with Crippen LogP contribution in [0.4, 0.5) is 0 Å². The number of aliphatic hydroxyl groups is 1. The third-order valence-electron chi connectivity index (χ3n) is 2.96. The molecule has 3 heterocycles. The van der Waals surface area contributed by atoms with E-state index in [9.17, 15) is 5.11 Å². The second-order valence-corrected chi connectivity index (χ2v) is 4.72. The van der Waals surface area contributed by atoms with Crippen molar-refractivity contribution in [3.8, 4) is 0 Å². The molecule has 0 aliphatic heterocycles. The Balaban J connectivity index is 1.87. The van der Waals surface area contributed by atoms with Crippen LogP contribution in [-0.4, -0.2) is 29.5 Å². The molecule has 0 radical (unpaired) electrons. The van der Waals surface area contributed by atoms with E-state index in [1.807, 2.05) is 35.9 Å². The van der Waals surface area contributed by atoms with Crippen LogP contribution in [0.3, 0.4) is 0 Å². The van der Waals surface area contributed by atoms with Gasteiger partial charge in [-0.25, -0.2) is 9.67 Å². The van der Waals surface area contributed by atoms with Crippen LogP contribution in [0.15, 0.2) is 30.7 Å². The van der Waals surface area contributed by atoms with Crippen LogP contribution in [0, 0.1) is 6.92 Å². The quantitative estimate of drug-likeness (QED) is 0.768. The van der Waals surface area contributed by atoms with Crippen LogP contribution in [0.5, 0.6) is 0 Å². The molecule has 0 aliphatic carbocycles. The molecule has 3 rings (SSSR count). The zero-order chi connectivity index (χ0) is 13.4. The zero-order valence-corrected chi connectivity index (χ0v) is 10.9. The zero-order valence-electron chi connectivity index (χ0n) is 10.9. The third-order valence-corrected chi connectivity index (χ3v) is 2.96. The average molecular weight is 257 g/mol. The number of nitrogens with zero attached hydrogens (tertiary/aromatic N) is 5. The van der Waals surface area contributed by atoms with E-state index >= 15 is 0 Å². The van der Waals surface area contributed by atoms with Gasteiger partial charge in [-0.2, -0.15) is 0 Å². The van der Waals surface area contributed by atoms with Crippen LogP contribution >= 0.6 is 0 Å². The normalized spacial score (nSPS) is 13.0. The van der Waals surface area contributed by atoms with Crippen molar-refractivity contribution in [1.82, 2.24) is 24.4 Å². The molecule has 0 fully saturated rings. The lowest BCUT2D eigenvalue weighted by atomic mass is 10.3. The molecule has 19 heavy (non-hydrogen) atoms. The van der Waals surface area contributed by atoms with Crippen LogP contribution in [-0.2, 0) is 6.54 Å². The van der Waals surface area contributed by atoms with Crippen molar-refractivity contribution >= 4 is 5.65 Å². The molecule has 0 bridgehead atoms. The van der Waals surface area contributed by atoms with Crippen molar-refractivity contribution in [3.05, 3.63) is 47.7 Å². The molecule has 0 saturated heterocycles. The highest BCUT2D eigenvalue weighted by Crippen LogP contribution is 2.10. The maximum absolute atomic E-state index is 9.41. The van der Waals surface area contributed by atoms with Crippen molar-refractivity contribution in [3.63, 3.8) is 0 Å². The van der Waals surface area contributed by atoms with Gasteiger partial charge in [0, 0.05) is 12.4 Å². The molecule has 6 heteroatoms. The average Bonchev–Trinajstić information content (AvgIpc) is 2.95. The molecule has 0 amide bonds. The van der Waals surface area contributed by atoms with Gasteiger partial charge in [0.2, 0.25) is 0 Å². The topological polar surface area (TPSA) is 68.2 Å². The number of fused-ring (bicyclic) bond motifs is 1. The fourth-order valence-corrected chi connectivity index (χ4v) is 1.98. The molecule has 1 unspecified atom stereocenters. The van der Waals surface area contributed by atoms with E-state index in [1.54, 1.807) is 17.8 Å². The Morgan fingerprint density at radius 3 is 2.84 bits per heavy atom. The summed E-state index contributed by atoms with van der Waals surface area (Å²) >= 11 is 0. The summed E-state index contributed by atoms with van der Waals surface area (Å²) in [6, 6.07) is 4.02. The Hall–Kier alpha value is -2.21. The molecule has 98 valence electrons. The van der Waals surface area contributed by atoms with Gasteiger partial charge in [0.15, 0.2) is 0 Å². The van der Waals surface area contributed by atoms with E-state index in [4.69, 9.17) is 0 Å². The van der Waals surface area contributed by atoms with Crippen molar-refractivity contribution in [2.24, 2.45) is 0 Å². The Morgan fingerprint density at radius 2 is 2.11 bits per heavy atom. The summed E-state index contributed by atoms with van der Waals surface area (Å²) in [5.74, 6) is 0. The molecule has 0 aromatic carbocycles. The Labute approximate surface area is 110 Å². The molecule has 6 nitrogen and oxygen atoms in total. The first-order valence-corrected chi connectivity index (χ1v) is 6.14. The van der Waals surface area contributed by atoms with Gasteiger partial charge < -0.3 is 9.51 Å². The van der Waals surface area contributed by atoms with Gasteiger partial charge in [-0.15, -0.1) is 5.10 Å². The van der Waals surface area contributed by atoms with Gasteiger partial charge in [0.1, 0.15) is 11.3 Å². The molecule has 1 atom stereocenters. The third kappa shape index (κ3) is 2.34. The number of pyridine rings is 1. The SMILES string of the molecule is Cc1ccc2nc(Cn3cc(C(C)O)nn3)cn2c1. The Bertz CT molecular complexity index is 713. The minimum atomic E-state index is -0.600. The largest absolute Gasteiger partial charge is 0.387 e. The molecule has 0 spiro atoms. The highest BCUT2D eigenvalue weighted by Gasteiger charge is 2.08. The van der Waals surface area contributed by atoms with Gasteiger partial charge in [0.05, 0.1) is 24.5 Å². The number of hydrogen-bond donors (Lipinski definition) is 1.